The Kier molecular flexibility index (Phi) is 19.4. The predicted molar refractivity (Wildman–Crippen MR) is 143 cm³/mol. The third-order valence-corrected chi connectivity index (χ3v) is 7.47. The van der Waals surface area contributed by atoms with E-state index >= 15 is 0 Å². The van der Waals surface area contributed by atoms with E-state index in [2.05, 4.69) is 19.9 Å². The summed E-state index contributed by atoms with van der Waals surface area (Å²) in [5.41, 5.74) is 1.90. The van der Waals surface area contributed by atoms with Crippen molar-refractivity contribution >= 4 is 69.8 Å². The molecule has 188 valence electrons. The number of hydrogen-bond donors (Lipinski definition) is 0. The number of unbranched alkanes of at least 4 members (excludes halogenated alkanes) is 12. The van der Waals surface area contributed by atoms with Gasteiger partial charge in [-0.3, -0.25) is 0 Å². The maximum atomic E-state index is 12.1. The van der Waals surface area contributed by atoms with Crippen LogP contribution < -0.4 is 0 Å². The molecule has 0 aliphatic rings. The van der Waals surface area contributed by atoms with Crippen LogP contribution in [0.2, 0.25) is 0 Å². The Bertz CT molecular complexity index is 912. The van der Waals surface area contributed by atoms with Crippen molar-refractivity contribution in [2.45, 2.75) is 121 Å². The molecule has 2 aromatic carbocycles. The first-order chi connectivity index (χ1) is 15.5. The maximum Gasteiger partial charge on any atom is 2.00 e. The van der Waals surface area contributed by atoms with E-state index in [1.807, 2.05) is 24.3 Å². The molecular weight excluding hydrogens is 570 g/mol. The minimum absolute atomic E-state index is 0. The summed E-state index contributed by atoms with van der Waals surface area (Å²) in [6.45, 7) is 4.45. The van der Waals surface area contributed by atoms with Gasteiger partial charge in [-0.2, -0.15) is 0 Å². The fourth-order valence-corrected chi connectivity index (χ4v) is 5.55. The second kappa shape index (κ2) is 19.3. The van der Waals surface area contributed by atoms with Crippen molar-refractivity contribution in [1.82, 2.24) is 0 Å². The Morgan fingerprint density at radius 2 is 1.18 bits per heavy atom. The van der Waals surface area contributed by atoms with Crippen molar-refractivity contribution in [2.24, 2.45) is 0 Å². The molecule has 0 aromatic heterocycles. The van der Waals surface area contributed by atoms with E-state index in [-0.39, 0.29) is 59.3 Å². The fraction of sp³-hybridized carbons (Fsp3) is 0.643. The molecule has 6 heteroatoms. The van der Waals surface area contributed by atoms with Crippen LogP contribution in [0.15, 0.2) is 35.2 Å². The van der Waals surface area contributed by atoms with Crippen LogP contribution in [-0.2, 0) is 23.0 Å². The summed E-state index contributed by atoms with van der Waals surface area (Å²) < 4.78 is 36.4. The van der Waals surface area contributed by atoms with Crippen LogP contribution in [0, 0.1) is 0 Å². The van der Waals surface area contributed by atoms with Crippen LogP contribution >= 0.6 is 0 Å². The standard InChI is InChI=1S/C28H44O3S.Ba.H2O/c1-3-5-7-9-11-13-15-17-24-19-22-27-26(23-24)21-20-25(28(27)32(29,30)31)18-16-14-12-10-8-6-4-2;;/h19-23H,3-18H2,1-2H3,(H,29,30,31);;1H2/q;+2;/p-2. The maximum absolute atomic E-state index is 12.1. The summed E-state index contributed by atoms with van der Waals surface area (Å²) >= 11 is 0. The molecule has 0 amide bonds. The molecule has 4 nitrogen and oxygen atoms in total. The minimum atomic E-state index is -4.51. The van der Waals surface area contributed by atoms with E-state index in [1.54, 1.807) is 0 Å². The van der Waals surface area contributed by atoms with Gasteiger partial charge in [0, 0.05) is 0 Å². The van der Waals surface area contributed by atoms with Crippen molar-refractivity contribution in [1.29, 1.82) is 0 Å². The zero-order valence-corrected chi connectivity index (χ0v) is 26.7. The van der Waals surface area contributed by atoms with Crippen molar-refractivity contribution < 1.29 is 18.4 Å². The first-order valence-corrected chi connectivity index (χ1v) is 14.4. The van der Waals surface area contributed by atoms with Gasteiger partial charge in [0.1, 0.15) is 10.1 Å². The molecule has 0 aliphatic heterocycles. The Balaban J connectivity index is 0.00000544. The summed E-state index contributed by atoms with van der Waals surface area (Å²) in [6.07, 6.45) is 18.8. The molecule has 0 heterocycles. The number of rotatable bonds is 17. The summed E-state index contributed by atoms with van der Waals surface area (Å²) in [7, 11) is -4.51. The van der Waals surface area contributed by atoms with E-state index in [1.165, 1.54) is 76.2 Å². The molecule has 0 atom stereocenters. The van der Waals surface area contributed by atoms with Gasteiger partial charge in [0.2, 0.25) is 0 Å². The Hall–Kier alpha value is 0.141. The van der Waals surface area contributed by atoms with Gasteiger partial charge in [0.15, 0.2) is 0 Å². The SMILES string of the molecule is CCCCCCCCCc1ccc2c(S(=O)(=O)[O-])c(CCCCCCCCC)ccc2c1.[Ba+2].[OH-]. The molecule has 0 fully saturated rings. The molecular formula is C28H44BaO4S. The van der Waals surface area contributed by atoms with Gasteiger partial charge in [0.25, 0.3) is 0 Å². The van der Waals surface area contributed by atoms with E-state index in [9.17, 15) is 13.0 Å². The van der Waals surface area contributed by atoms with Crippen LogP contribution in [-0.4, -0.2) is 67.3 Å². The van der Waals surface area contributed by atoms with E-state index in [4.69, 9.17) is 0 Å². The Labute approximate surface area is 248 Å². The summed E-state index contributed by atoms with van der Waals surface area (Å²) in [6, 6.07) is 9.78. The largest absolute Gasteiger partial charge is 2.00 e. The number of hydrogen-bond acceptors (Lipinski definition) is 4. The molecule has 2 aromatic rings. The zero-order valence-electron chi connectivity index (χ0n) is 21.5. The van der Waals surface area contributed by atoms with Crippen molar-refractivity contribution in [3.8, 4) is 0 Å². The monoisotopic (exact) mass is 614 g/mol. The minimum Gasteiger partial charge on any atom is -0.870 e. The molecule has 0 spiro atoms. The van der Waals surface area contributed by atoms with Gasteiger partial charge in [0.05, 0.1) is 4.90 Å². The van der Waals surface area contributed by atoms with Crippen molar-refractivity contribution in [3.05, 3.63) is 41.5 Å². The molecule has 0 unspecified atom stereocenters. The van der Waals surface area contributed by atoms with Crippen LogP contribution in [0.5, 0.6) is 0 Å². The average Bonchev–Trinajstić information content (AvgIpc) is 2.76. The third kappa shape index (κ3) is 12.4. The zero-order chi connectivity index (χ0) is 23.2. The predicted octanol–water partition coefficient (Wildman–Crippen LogP) is 7.77. The van der Waals surface area contributed by atoms with Crippen LogP contribution in [0.25, 0.3) is 10.8 Å². The smallest absolute Gasteiger partial charge is 0.870 e. The van der Waals surface area contributed by atoms with Crippen molar-refractivity contribution in [3.63, 3.8) is 0 Å². The number of benzene rings is 2. The normalized spacial score (nSPS) is 11.3. The molecule has 34 heavy (non-hydrogen) atoms. The Morgan fingerprint density at radius 1 is 0.676 bits per heavy atom. The second-order valence-corrected chi connectivity index (χ2v) is 10.6. The molecule has 0 bridgehead atoms. The summed E-state index contributed by atoms with van der Waals surface area (Å²) in [5, 5.41) is 1.45. The molecule has 2 rings (SSSR count). The number of aryl methyl sites for hydroxylation is 2. The summed E-state index contributed by atoms with van der Waals surface area (Å²) in [5.74, 6) is 0. The first kappa shape index (κ1) is 34.1. The van der Waals surface area contributed by atoms with Crippen LogP contribution in [0.1, 0.15) is 115 Å². The van der Waals surface area contributed by atoms with E-state index in [0.29, 0.717) is 17.4 Å². The second-order valence-electron chi connectivity index (χ2n) is 9.31. The fourth-order valence-electron chi connectivity index (χ4n) is 4.60. The van der Waals surface area contributed by atoms with E-state index < -0.39 is 10.1 Å². The third-order valence-electron chi connectivity index (χ3n) is 6.49. The molecule has 0 saturated heterocycles. The quantitative estimate of drug-likeness (QED) is 0.104. The average molecular weight is 614 g/mol. The van der Waals surface area contributed by atoms with Gasteiger partial charge >= 0.3 is 48.9 Å². The van der Waals surface area contributed by atoms with Gasteiger partial charge < -0.3 is 10.0 Å². The first-order valence-electron chi connectivity index (χ1n) is 13.0. The summed E-state index contributed by atoms with van der Waals surface area (Å²) in [4.78, 5) is 0.00320. The van der Waals surface area contributed by atoms with Gasteiger partial charge in [-0.15, -0.1) is 0 Å². The van der Waals surface area contributed by atoms with Crippen LogP contribution in [0.4, 0.5) is 0 Å². The molecule has 0 aliphatic carbocycles. The molecule has 0 saturated carbocycles. The van der Waals surface area contributed by atoms with Crippen molar-refractivity contribution in [2.75, 3.05) is 0 Å². The van der Waals surface area contributed by atoms with Crippen LogP contribution in [0.3, 0.4) is 0 Å². The van der Waals surface area contributed by atoms with Gasteiger partial charge in [-0.05, 0) is 47.6 Å². The topological polar surface area (TPSA) is 87.2 Å². The van der Waals surface area contributed by atoms with E-state index in [0.717, 1.165) is 31.1 Å². The molecule has 0 radical (unpaired) electrons. The Morgan fingerprint density at radius 3 is 1.71 bits per heavy atom. The van der Waals surface area contributed by atoms with Gasteiger partial charge in [-0.1, -0.05) is 121 Å². The van der Waals surface area contributed by atoms with Gasteiger partial charge in [-0.25, -0.2) is 8.42 Å². The number of fused-ring (bicyclic) bond motifs is 1. The molecule has 1 N–H and O–H groups in total.